The molecule has 118 valence electrons. The van der Waals surface area contributed by atoms with Crippen LogP contribution < -0.4 is 4.90 Å². The summed E-state index contributed by atoms with van der Waals surface area (Å²) in [6.07, 6.45) is 2.79. The van der Waals surface area contributed by atoms with Gasteiger partial charge in [0, 0.05) is 33.6 Å². The third kappa shape index (κ3) is 2.40. The van der Waals surface area contributed by atoms with Crippen LogP contribution in [0.25, 0.3) is 11.0 Å². The summed E-state index contributed by atoms with van der Waals surface area (Å²) in [6.45, 7) is 8.03. The highest BCUT2D eigenvalue weighted by Gasteiger charge is 2.30. The smallest absolute Gasteiger partial charge is 0.219 e. The maximum atomic E-state index is 11.7. The summed E-state index contributed by atoms with van der Waals surface area (Å²) in [7, 11) is 1.89. The van der Waals surface area contributed by atoms with Crippen LogP contribution in [0.3, 0.4) is 0 Å². The Balaban J connectivity index is 1.92. The van der Waals surface area contributed by atoms with Crippen molar-refractivity contribution in [2.75, 3.05) is 24.5 Å². The molecule has 0 N–H and O–H groups in total. The van der Waals surface area contributed by atoms with Crippen LogP contribution in [-0.4, -0.2) is 56.2 Å². The van der Waals surface area contributed by atoms with E-state index in [4.69, 9.17) is 0 Å². The fourth-order valence-electron chi connectivity index (χ4n) is 3.28. The highest BCUT2D eigenvalue weighted by molar-refractivity contribution is 5.87. The summed E-state index contributed by atoms with van der Waals surface area (Å²) >= 11 is 0. The molecule has 2 aromatic rings. The maximum Gasteiger partial charge on any atom is 0.219 e. The van der Waals surface area contributed by atoms with E-state index in [2.05, 4.69) is 20.0 Å². The van der Waals surface area contributed by atoms with Crippen LogP contribution in [0.5, 0.6) is 0 Å². The lowest BCUT2D eigenvalue weighted by Crippen LogP contribution is -2.40. The molecular formula is C15H22N6O. The molecule has 1 aliphatic heterocycles. The number of nitrogens with zero attached hydrogens (tertiary/aromatic N) is 6. The molecule has 0 saturated carbocycles. The molecule has 0 unspecified atom stereocenters. The van der Waals surface area contributed by atoms with Crippen LogP contribution in [-0.2, 0) is 11.8 Å². The summed E-state index contributed by atoms with van der Waals surface area (Å²) in [6, 6.07) is 0.254. The molecule has 1 amide bonds. The molecule has 0 bridgehead atoms. The summed E-state index contributed by atoms with van der Waals surface area (Å²) in [5, 5.41) is 5.26. The Morgan fingerprint density at radius 1 is 1.45 bits per heavy atom. The van der Waals surface area contributed by atoms with Gasteiger partial charge in [-0.05, 0) is 20.3 Å². The molecule has 0 spiro atoms. The maximum absolute atomic E-state index is 11.7. The van der Waals surface area contributed by atoms with E-state index in [1.807, 2.05) is 32.0 Å². The van der Waals surface area contributed by atoms with Crippen LogP contribution in [0.1, 0.15) is 26.1 Å². The first-order chi connectivity index (χ1) is 10.5. The van der Waals surface area contributed by atoms with Gasteiger partial charge in [-0.25, -0.2) is 9.97 Å². The third-order valence-corrected chi connectivity index (χ3v) is 4.33. The van der Waals surface area contributed by atoms with E-state index < -0.39 is 0 Å². The molecule has 3 heterocycles. The molecule has 1 aliphatic rings. The minimum absolute atomic E-state index is 0.139. The van der Waals surface area contributed by atoms with Gasteiger partial charge in [0.25, 0.3) is 0 Å². The average Bonchev–Trinajstić information content (AvgIpc) is 3.07. The van der Waals surface area contributed by atoms with Gasteiger partial charge in [0.05, 0.1) is 17.6 Å². The van der Waals surface area contributed by atoms with Gasteiger partial charge in [0.2, 0.25) is 5.91 Å². The molecule has 1 saturated heterocycles. The highest BCUT2D eigenvalue weighted by Crippen LogP contribution is 2.28. The van der Waals surface area contributed by atoms with E-state index in [0.717, 1.165) is 48.7 Å². The zero-order chi connectivity index (χ0) is 15.9. The fourth-order valence-corrected chi connectivity index (χ4v) is 3.28. The quantitative estimate of drug-likeness (QED) is 0.850. The van der Waals surface area contributed by atoms with Crippen LogP contribution in [0.2, 0.25) is 0 Å². The number of fused-ring (bicyclic) bond motifs is 1. The Morgan fingerprint density at radius 3 is 2.91 bits per heavy atom. The number of carbonyl (C=O) groups excluding carboxylic acids is 1. The number of likely N-dealkylation sites (N-methyl/N-ethyl adjacent to an activating group) is 1. The molecule has 3 rings (SSSR count). The van der Waals surface area contributed by atoms with Gasteiger partial charge in [0.15, 0.2) is 5.65 Å². The van der Waals surface area contributed by atoms with E-state index in [1.165, 1.54) is 0 Å². The normalized spacial score (nSPS) is 18.2. The molecule has 0 radical (unpaired) electrons. The van der Waals surface area contributed by atoms with Crippen LogP contribution in [0, 0.1) is 6.92 Å². The standard InChI is InChI=1S/C15H22N6O/c1-5-21(11(3)22)12-6-7-20(9-12)15-13-8-16-19(4)14(13)17-10(2)18-15/h8,12H,5-7,9H2,1-4H3/t12-/m1/s1. The Kier molecular flexibility index (Phi) is 3.72. The topological polar surface area (TPSA) is 67.2 Å². The Labute approximate surface area is 129 Å². The van der Waals surface area contributed by atoms with Crippen LogP contribution in [0.15, 0.2) is 6.20 Å². The number of aryl methyl sites for hydroxylation is 2. The van der Waals surface area contributed by atoms with Gasteiger partial charge in [0.1, 0.15) is 11.6 Å². The van der Waals surface area contributed by atoms with Crippen molar-refractivity contribution in [2.45, 2.75) is 33.2 Å². The molecule has 2 aromatic heterocycles. The third-order valence-electron chi connectivity index (χ3n) is 4.33. The molecule has 22 heavy (non-hydrogen) atoms. The second-order valence-electron chi connectivity index (χ2n) is 5.79. The van der Waals surface area contributed by atoms with Crippen molar-refractivity contribution in [2.24, 2.45) is 7.05 Å². The lowest BCUT2D eigenvalue weighted by atomic mass is 10.2. The predicted octanol–water partition coefficient (Wildman–Crippen LogP) is 1.12. The summed E-state index contributed by atoms with van der Waals surface area (Å²) in [5.41, 5.74) is 0.852. The van der Waals surface area contributed by atoms with E-state index >= 15 is 0 Å². The zero-order valence-electron chi connectivity index (χ0n) is 13.6. The Hall–Kier alpha value is -2.18. The second-order valence-corrected chi connectivity index (χ2v) is 5.79. The van der Waals surface area contributed by atoms with Crippen molar-refractivity contribution < 1.29 is 4.79 Å². The van der Waals surface area contributed by atoms with E-state index in [1.54, 1.807) is 11.6 Å². The number of aromatic nitrogens is 4. The van der Waals surface area contributed by atoms with E-state index in [9.17, 15) is 4.79 Å². The van der Waals surface area contributed by atoms with Crippen molar-refractivity contribution in [1.29, 1.82) is 0 Å². The van der Waals surface area contributed by atoms with Crippen molar-refractivity contribution in [3.8, 4) is 0 Å². The average molecular weight is 302 g/mol. The first-order valence-electron chi connectivity index (χ1n) is 7.69. The highest BCUT2D eigenvalue weighted by atomic mass is 16.2. The van der Waals surface area contributed by atoms with Crippen LogP contribution in [0.4, 0.5) is 5.82 Å². The molecule has 0 aliphatic carbocycles. The number of carbonyl (C=O) groups is 1. The van der Waals surface area contributed by atoms with Gasteiger partial charge < -0.3 is 9.80 Å². The molecule has 1 atom stereocenters. The fraction of sp³-hybridized carbons (Fsp3) is 0.600. The summed E-state index contributed by atoms with van der Waals surface area (Å²) in [5.74, 6) is 1.81. The van der Waals surface area contributed by atoms with Gasteiger partial charge in [-0.1, -0.05) is 0 Å². The van der Waals surface area contributed by atoms with Crippen molar-refractivity contribution in [3.05, 3.63) is 12.0 Å². The Morgan fingerprint density at radius 2 is 2.23 bits per heavy atom. The van der Waals surface area contributed by atoms with Crippen molar-refractivity contribution in [3.63, 3.8) is 0 Å². The minimum Gasteiger partial charge on any atom is -0.354 e. The molecule has 0 aromatic carbocycles. The number of hydrogen-bond acceptors (Lipinski definition) is 5. The predicted molar refractivity (Wildman–Crippen MR) is 84.7 cm³/mol. The first-order valence-corrected chi connectivity index (χ1v) is 7.69. The van der Waals surface area contributed by atoms with Gasteiger partial charge in [-0.3, -0.25) is 9.48 Å². The van der Waals surface area contributed by atoms with E-state index in [0.29, 0.717) is 0 Å². The van der Waals surface area contributed by atoms with Crippen LogP contribution >= 0.6 is 0 Å². The molecular weight excluding hydrogens is 280 g/mol. The SMILES string of the molecule is CCN(C(C)=O)[C@@H]1CCN(c2nc(C)nc3c2cnn3C)C1. The van der Waals surface area contributed by atoms with Gasteiger partial charge >= 0.3 is 0 Å². The van der Waals surface area contributed by atoms with E-state index in [-0.39, 0.29) is 11.9 Å². The molecule has 7 nitrogen and oxygen atoms in total. The summed E-state index contributed by atoms with van der Waals surface area (Å²) in [4.78, 5) is 25.0. The lowest BCUT2D eigenvalue weighted by Gasteiger charge is -2.27. The number of hydrogen-bond donors (Lipinski definition) is 0. The summed E-state index contributed by atoms with van der Waals surface area (Å²) < 4.78 is 1.77. The molecule has 1 fully saturated rings. The number of rotatable bonds is 3. The minimum atomic E-state index is 0.139. The number of amides is 1. The lowest BCUT2D eigenvalue weighted by molar-refractivity contribution is -0.130. The zero-order valence-corrected chi connectivity index (χ0v) is 13.6. The largest absolute Gasteiger partial charge is 0.354 e. The van der Waals surface area contributed by atoms with Gasteiger partial charge in [-0.15, -0.1) is 0 Å². The monoisotopic (exact) mass is 302 g/mol. The Bertz CT molecular complexity index is 709. The van der Waals surface area contributed by atoms with Crippen molar-refractivity contribution in [1.82, 2.24) is 24.6 Å². The van der Waals surface area contributed by atoms with Crippen molar-refractivity contribution >= 4 is 22.8 Å². The van der Waals surface area contributed by atoms with Gasteiger partial charge in [-0.2, -0.15) is 5.10 Å². The second kappa shape index (κ2) is 5.55. The number of anilines is 1. The molecule has 7 heteroatoms. The first kappa shape index (κ1) is 14.7.